The number of allylic oxidation sites excluding steroid dienone is 1. The molecule has 1 aliphatic carbocycles. The standard InChI is InChI=1S/C38H46N4O8/c1-37(2,3)50-35(47)39-30-18-11-6-4-5-10-16-27-20-38(27,34(45)46)40-32(43)31-29-23-41(21-26(29)22-42(31)33(30)44)36(48)49-28-17-12-15-25(19-28)24-13-8-7-9-14-24/h7-10,12-17,19,26-27,29-31H,4-6,11,18,20-23H2,1-3H3,(H,39,47)(H,40,43)(H,45,46)/b16-10-/t26-,27+,29-,30+,31-,38+/m0/s1. The van der Waals surface area contributed by atoms with Crippen LogP contribution in [-0.4, -0.2) is 87.7 Å². The maximum Gasteiger partial charge on any atom is 0.415 e. The lowest BCUT2D eigenvalue weighted by Crippen LogP contribution is -2.58. The van der Waals surface area contributed by atoms with Gasteiger partial charge in [0, 0.05) is 37.4 Å². The van der Waals surface area contributed by atoms with Crippen LogP contribution in [0.1, 0.15) is 59.3 Å². The van der Waals surface area contributed by atoms with Crippen LogP contribution < -0.4 is 15.4 Å². The third-order valence-electron chi connectivity index (χ3n) is 10.1. The molecule has 6 rings (SSSR count). The summed E-state index contributed by atoms with van der Waals surface area (Å²) in [6, 6.07) is 15.0. The number of carboxylic acids is 1. The van der Waals surface area contributed by atoms with Gasteiger partial charge in [0.25, 0.3) is 0 Å². The molecule has 4 aliphatic rings. The Kier molecular flexibility index (Phi) is 9.91. The summed E-state index contributed by atoms with van der Waals surface area (Å²) in [5.74, 6) is -2.87. The van der Waals surface area contributed by atoms with Crippen molar-refractivity contribution in [2.45, 2.75) is 82.5 Å². The van der Waals surface area contributed by atoms with Gasteiger partial charge in [-0.1, -0.05) is 67.5 Å². The number of nitrogens with zero attached hydrogens (tertiary/aromatic N) is 2. The molecule has 2 saturated heterocycles. The summed E-state index contributed by atoms with van der Waals surface area (Å²) in [4.78, 5) is 70.3. The van der Waals surface area contributed by atoms with Gasteiger partial charge < -0.3 is 35.0 Å². The van der Waals surface area contributed by atoms with E-state index in [4.69, 9.17) is 9.47 Å². The largest absolute Gasteiger partial charge is 0.479 e. The molecular formula is C38H46N4O8. The van der Waals surface area contributed by atoms with Crippen molar-refractivity contribution in [2.24, 2.45) is 17.8 Å². The summed E-state index contributed by atoms with van der Waals surface area (Å²) in [6.07, 6.45) is 6.15. The van der Waals surface area contributed by atoms with Crippen molar-refractivity contribution in [3.8, 4) is 16.9 Å². The van der Waals surface area contributed by atoms with Gasteiger partial charge in [0.05, 0.1) is 0 Å². The van der Waals surface area contributed by atoms with Gasteiger partial charge in [-0.15, -0.1) is 0 Å². The first-order valence-electron chi connectivity index (χ1n) is 17.5. The number of amides is 4. The molecule has 0 bridgehead atoms. The van der Waals surface area contributed by atoms with Crippen LogP contribution in [-0.2, 0) is 19.1 Å². The van der Waals surface area contributed by atoms with E-state index in [0.717, 1.165) is 30.4 Å². The van der Waals surface area contributed by atoms with Gasteiger partial charge in [-0.3, -0.25) is 9.59 Å². The molecule has 0 aromatic heterocycles. The zero-order valence-corrected chi connectivity index (χ0v) is 28.8. The molecule has 6 atom stereocenters. The van der Waals surface area contributed by atoms with Crippen molar-refractivity contribution < 1.29 is 38.6 Å². The molecular weight excluding hydrogens is 640 g/mol. The molecule has 3 heterocycles. The molecule has 12 heteroatoms. The molecule has 3 N–H and O–H groups in total. The van der Waals surface area contributed by atoms with Crippen molar-refractivity contribution >= 4 is 30.0 Å². The predicted molar refractivity (Wildman–Crippen MR) is 184 cm³/mol. The first-order chi connectivity index (χ1) is 23.8. The molecule has 3 fully saturated rings. The SMILES string of the molecule is CC(C)(C)OC(=O)N[C@@H]1CCCCC/C=C\[C@@H]2C[C@@]2(C(=O)O)NC(=O)[C@@H]2[C@H]3CN(C(=O)Oc4cccc(-c5ccccc5)c4)C[C@H]3CN2C1=O. The quantitative estimate of drug-likeness (QED) is 0.381. The van der Waals surface area contributed by atoms with E-state index < -0.39 is 59.1 Å². The molecule has 266 valence electrons. The number of benzene rings is 2. The minimum absolute atomic E-state index is 0.136. The van der Waals surface area contributed by atoms with Crippen LogP contribution in [0.5, 0.6) is 5.75 Å². The summed E-state index contributed by atoms with van der Waals surface area (Å²) in [7, 11) is 0. The molecule has 0 radical (unpaired) electrons. The number of carboxylic acid groups (broad SMARTS) is 1. The van der Waals surface area contributed by atoms with Crippen molar-refractivity contribution in [2.75, 3.05) is 19.6 Å². The second-order valence-corrected chi connectivity index (χ2v) is 14.9. The number of carbonyl (C=O) groups is 5. The van der Waals surface area contributed by atoms with E-state index in [9.17, 15) is 29.1 Å². The molecule has 50 heavy (non-hydrogen) atoms. The zero-order chi connectivity index (χ0) is 35.6. The van der Waals surface area contributed by atoms with Crippen LogP contribution in [0.15, 0.2) is 66.7 Å². The highest BCUT2D eigenvalue weighted by atomic mass is 16.6. The van der Waals surface area contributed by atoms with Crippen LogP contribution in [0.3, 0.4) is 0 Å². The Balaban J connectivity index is 1.23. The van der Waals surface area contributed by atoms with Crippen LogP contribution >= 0.6 is 0 Å². The molecule has 2 aromatic carbocycles. The average Bonchev–Trinajstić information content (AvgIpc) is 3.41. The number of alkyl carbamates (subject to hydrolysis) is 1. The van der Waals surface area contributed by atoms with E-state index in [1.807, 2.05) is 54.6 Å². The molecule has 0 spiro atoms. The smallest absolute Gasteiger partial charge is 0.415 e. The fourth-order valence-corrected chi connectivity index (χ4v) is 7.50. The fourth-order valence-electron chi connectivity index (χ4n) is 7.50. The maximum absolute atomic E-state index is 14.3. The van der Waals surface area contributed by atoms with E-state index in [0.29, 0.717) is 18.6 Å². The highest BCUT2D eigenvalue weighted by Crippen LogP contribution is 2.46. The van der Waals surface area contributed by atoms with Gasteiger partial charge in [0.15, 0.2) is 0 Å². The minimum Gasteiger partial charge on any atom is -0.479 e. The highest BCUT2D eigenvalue weighted by Gasteiger charge is 2.62. The van der Waals surface area contributed by atoms with E-state index >= 15 is 0 Å². The number of fused-ring (bicyclic) bond motifs is 4. The van der Waals surface area contributed by atoms with Crippen LogP contribution in [0.25, 0.3) is 11.1 Å². The van der Waals surface area contributed by atoms with E-state index in [-0.39, 0.29) is 37.9 Å². The van der Waals surface area contributed by atoms with Gasteiger partial charge in [0.2, 0.25) is 11.8 Å². The summed E-state index contributed by atoms with van der Waals surface area (Å²) in [5.41, 5.74) is -0.367. The summed E-state index contributed by atoms with van der Waals surface area (Å²) < 4.78 is 11.3. The third kappa shape index (κ3) is 7.64. The lowest BCUT2D eigenvalue weighted by Gasteiger charge is -2.32. The van der Waals surface area contributed by atoms with Gasteiger partial charge in [-0.25, -0.2) is 14.4 Å². The first kappa shape index (κ1) is 35.0. The fraction of sp³-hybridized carbons (Fsp3) is 0.500. The molecule has 12 nitrogen and oxygen atoms in total. The maximum atomic E-state index is 14.3. The van der Waals surface area contributed by atoms with Crippen LogP contribution in [0, 0.1) is 17.8 Å². The Morgan fingerprint density at radius 1 is 0.960 bits per heavy atom. The lowest BCUT2D eigenvalue weighted by molar-refractivity contribution is -0.146. The van der Waals surface area contributed by atoms with Crippen molar-refractivity contribution in [3.05, 3.63) is 66.7 Å². The van der Waals surface area contributed by atoms with Crippen LogP contribution in [0.2, 0.25) is 0 Å². The number of hydrogen-bond acceptors (Lipinski definition) is 7. The third-order valence-corrected chi connectivity index (χ3v) is 10.1. The number of nitrogens with one attached hydrogen (secondary N) is 2. The van der Waals surface area contributed by atoms with Gasteiger partial charge in [-0.2, -0.15) is 0 Å². The summed E-state index contributed by atoms with van der Waals surface area (Å²) >= 11 is 0. The predicted octanol–water partition coefficient (Wildman–Crippen LogP) is 4.98. The second-order valence-electron chi connectivity index (χ2n) is 14.9. The Hall–Kier alpha value is -4.87. The Bertz CT molecular complexity index is 1660. The molecule has 2 aromatic rings. The first-order valence-corrected chi connectivity index (χ1v) is 17.5. The average molecular weight is 687 g/mol. The molecule has 3 aliphatic heterocycles. The lowest BCUT2D eigenvalue weighted by atomic mass is 9.93. The zero-order valence-electron chi connectivity index (χ0n) is 28.8. The van der Waals surface area contributed by atoms with Gasteiger partial charge >= 0.3 is 18.2 Å². The number of hydrogen-bond donors (Lipinski definition) is 3. The second kappa shape index (κ2) is 14.2. The molecule has 0 unspecified atom stereocenters. The number of likely N-dealkylation sites (tertiary alicyclic amines) is 1. The molecule has 1 saturated carbocycles. The number of rotatable bonds is 4. The van der Waals surface area contributed by atoms with Crippen molar-refractivity contribution in [1.29, 1.82) is 0 Å². The Labute approximate surface area is 292 Å². The van der Waals surface area contributed by atoms with Crippen LogP contribution in [0.4, 0.5) is 9.59 Å². The van der Waals surface area contributed by atoms with E-state index in [1.165, 1.54) is 4.90 Å². The van der Waals surface area contributed by atoms with Gasteiger partial charge in [0.1, 0.15) is 29.0 Å². The molecule has 4 amide bonds. The van der Waals surface area contributed by atoms with Crippen molar-refractivity contribution in [3.63, 3.8) is 0 Å². The van der Waals surface area contributed by atoms with Crippen molar-refractivity contribution in [1.82, 2.24) is 20.4 Å². The Morgan fingerprint density at radius 3 is 2.46 bits per heavy atom. The number of ether oxygens (including phenoxy) is 2. The number of carbonyl (C=O) groups excluding carboxylic acids is 4. The topological polar surface area (TPSA) is 155 Å². The normalized spacial score (nSPS) is 28.9. The number of aliphatic carboxylic acids is 1. The Morgan fingerprint density at radius 2 is 1.72 bits per heavy atom. The van der Waals surface area contributed by atoms with Gasteiger partial charge in [-0.05, 0) is 69.7 Å². The monoisotopic (exact) mass is 686 g/mol. The van der Waals surface area contributed by atoms with E-state index in [1.54, 1.807) is 37.8 Å². The summed E-state index contributed by atoms with van der Waals surface area (Å²) in [5, 5.41) is 15.8. The minimum atomic E-state index is -1.46. The van der Waals surface area contributed by atoms with E-state index in [2.05, 4.69) is 10.6 Å². The highest BCUT2D eigenvalue weighted by molar-refractivity contribution is 5.96. The summed E-state index contributed by atoms with van der Waals surface area (Å²) in [6.45, 7) is 5.75.